The Morgan fingerprint density at radius 1 is 1.09 bits per heavy atom. The highest BCUT2D eigenvalue weighted by Crippen LogP contribution is 2.30. The Morgan fingerprint density at radius 3 is 2.57 bits per heavy atom. The minimum atomic E-state index is -0.443. The van der Waals surface area contributed by atoms with E-state index in [0.29, 0.717) is 11.4 Å². The van der Waals surface area contributed by atoms with Gasteiger partial charge in [0.25, 0.3) is 5.91 Å². The molecule has 1 aliphatic heterocycles. The molecular weight excluding hydrogens is 299 g/mol. The predicted molar refractivity (Wildman–Crippen MR) is 82.4 cm³/mol. The van der Waals surface area contributed by atoms with Crippen molar-refractivity contribution in [3.63, 3.8) is 0 Å². The van der Waals surface area contributed by atoms with Crippen LogP contribution in [0.1, 0.15) is 0 Å². The van der Waals surface area contributed by atoms with Gasteiger partial charge in [0.1, 0.15) is 5.82 Å². The third-order valence-electron chi connectivity index (χ3n) is 3.77. The van der Waals surface area contributed by atoms with Crippen LogP contribution in [-0.4, -0.2) is 28.7 Å². The van der Waals surface area contributed by atoms with E-state index in [4.69, 9.17) is 0 Å². The first kappa shape index (κ1) is 13.4. The molecule has 2 N–H and O–H groups in total. The molecule has 0 aliphatic carbocycles. The Morgan fingerprint density at radius 2 is 1.87 bits per heavy atom. The molecule has 0 atom stereocenters. The highest BCUT2D eigenvalue weighted by molar-refractivity contribution is 6.20. The van der Waals surface area contributed by atoms with Gasteiger partial charge in [0.15, 0.2) is 0 Å². The molecule has 1 aromatic heterocycles. The number of imide groups is 1. The second-order valence-electron chi connectivity index (χ2n) is 5.20. The summed E-state index contributed by atoms with van der Waals surface area (Å²) >= 11 is 0. The Labute approximate surface area is 129 Å². The molecule has 0 bridgehead atoms. The topological polar surface area (TPSA) is 78.1 Å². The molecule has 2 aromatic carbocycles. The summed E-state index contributed by atoms with van der Waals surface area (Å²) in [6.07, 6.45) is 0. The van der Waals surface area contributed by atoms with Crippen molar-refractivity contribution in [2.45, 2.75) is 0 Å². The maximum atomic E-state index is 13.1. The predicted octanol–water partition coefficient (Wildman–Crippen LogP) is 2.43. The van der Waals surface area contributed by atoms with Gasteiger partial charge in [-0.3, -0.25) is 9.89 Å². The summed E-state index contributed by atoms with van der Waals surface area (Å²) < 4.78 is 13.1. The standard InChI is InChI=1S/C16H11FN4O2/c17-10-3-1-9(2-4-10)15-12-7-11(5-6-13(12)19-20-15)21-14(22)8-18-16(21)23/h1-7H,8H2,(H,18,23)(H,19,20). The number of H-pyrrole nitrogens is 1. The van der Waals surface area contributed by atoms with Gasteiger partial charge in [-0.2, -0.15) is 5.10 Å². The lowest BCUT2D eigenvalue weighted by Crippen LogP contribution is -2.30. The van der Waals surface area contributed by atoms with E-state index in [1.807, 2.05) is 0 Å². The van der Waals surface area contributed by atoms with Crippen LogP contribution in [0.25, 0.3) is 22.2 Å². The Kier molecular flexibility index (Phi) is 2.87. The highest BCUT2D eigenvalue weighted by atomic mass is 19.1. The van der Waals surface area contributed by atoms with E-state index >= 15 is 0 Å². The monoisotopic (exact) mass is 310 g/mol. The number of nitrogens with zero attached hydrogens (tertiary/aromatic N) is 2. The highest BCUT2D eigenvalue weighted by Gasteiger charge is 2.30. The van der Waals surface area contributed by atoms with Crippen LogP contribution < -0.4 is 10.2 Å². The van der Waals surface area contributed by atoms with Crippen molar-refractivity contribution in [2.24, 2.45) is 0 Å². The first-order valence-electron chi connectivity index (χ1n) is 6.98. The SMILES string of the molecule is O=C1CNC(=O)N1c1ccc2[nH]nc(-c3ccc(F)cc3)c2c1. The lowest BCUT2D eigenvalue weighted by molar-refractivity contribution is -0.115. The maximum Gasteiger partial charge on any atom is 0.329 e. The van der Waals surface area contributed by atoms with Crippen molar-refractivity contribution in [2.75, 3.05) is 11.4 Å². The number of amides is 3. The third kappa shape index (κ3) is 2.13. The van der Waals surface area contributed by atoms with E-state index in [-0.39, 0.29) is 18.3 Å². The molecule has 6 nitrogen and oxygen atoms in total. The van der Waals surface area contributed by atoms with Crippen LogP contribution >= 0.6 is 0 Å². The van der Waals surface area contributed by atoms with Gasteiger partial charge in [-0.25, -0.2) is 14.1 Å². The summed E-state index contributed by atoms with van der Waals surface area (Å²) in [6.45, 7) is -0.00687. The average Bonchev–Trinajstić information content (AvgIpc) is 3.11. The normalized spacial score (nSPS) is 14.6. The zero-order valence-electron chi connectivity index (χ0n) is 11.8. The summed E-state index contributed by atoms with van der Waals surface area (Å²) in [7, 11) is 0. The van der Waals surface area contributed by atoms with Gasteiger partial charge in [-0.05, 0) is 42.5 Å². The van der Waals surface area contributed by atoms with Crippen molar-refractivity contribution in [1.82, 2.24) is 15.5 Å². The average molecular weight is 310 g/mol. The van der Waals surface area contributed by atoms with Gasteiger partial charge in [-0.15, -0.1) is 0 Å². The van der Waals surface area contributed by atoms with E-state index in [0.717, 1.165) is 21.4 Å². The Hall–Kier alpha value is -3.22. The van der Waals surface area contributed by atoms with Crippen LogP contribution in [0, 0.1) is 5.82 Å². The lowest BCUT2D eigenvalue weighted by atomic mass is 10.1. The number of fused-ring (bicyclic) bond motifs is 1. The molecule has 0 saturated carbocycles. The molecule has 23 heavy (non-hydrogen) atoms. The third-order valence-corrected chi connectivity index (χ3v) is 3.77. The first-order valence-corrected chi connectivity index (χ1v) is 6.98. The Bertz CT molecular complexity index is 917. The van der Waals surface area contributed by atoms with E-state index in [9.17, 15) is 14.0 Å². The van der Waals surface area contributed by atoms with Gasteiger partial charge in [-0.1, -0.05) is 0 Å². The lowest BCUT2D eigenvalue weighted by Gasteiger charge is -2.12. The molecule has 1 aliphatic rings. The summed E-state index contributed by atoms with van der Waals surface area (Å²) in [4.78, 5) is 24.7. The Balaban J connectivity index is 1.85. The molecule has 114 valence electrons. The fraction of sp³-hybridized carbons (Fsp3) is 0.0625. The van der Waals surface area contributed by atoms with Crippen LogP contribution in [0.15, 0.2) is 42.5 Å². The smallest absolute Gasteiger partial charge is 0.328 e. The first-order chi connectivity index (χ1) is 11.1. The van der Waals surface area contributed by atoms with E-state index < -0.39 is 6.03 Å². The number of halogens is 1. The molecule has 3 aromatic rings. The maximum absolute atomic E-state index is 13.1. The van der Waals surface area contributed by atoms with Gasteiger partial charge in [0, 0.05) is 10.9 Å². The zero-order valence-corrected chi connectivity index (χ0v) is 11.8. The van der Waals surface area contributed by atoms with Gasteiger partial charge in [0.05, 0.1) is 23.4 Å². The minimum absolute atomic E-state index is 0.00687. The van der Waals surface area contributed by atoms with E-state index in [2.05, 4.69) is 15.5 Å². The van der Waals surface area contributed by atoms with Crippen LogP contribution in [0.5, 0.6) is 0 Å². The van der Waals surface area contributed by atoms with E-state index in [1.54, 1.807) is 30.3 Å². The quantitative estimate of drug-likeness (QED) is 0.714. The molecule has 1 saturated heterocycles. The number of carbonyl (C=O) groups excluding carboxylic acids is 2. The second kappa shape index (κ2) is 4.91. The summed E-state index contributed by atoms with van der Waals surface area (Å²) in [5, 5.41) is 10.4. The fourth-order valence-corrected chi connectivity index (χ4v) is 2.65. The molecule has 2 heterocycles. The number of hydrogen-bond donors (Lipinski definition) is 2. The van der Waals surface area contributed by atoms with Gasteiger partial charge in [0.2, 0.25) is 0 Å². The fourth-order valence-electron chi connectivity index (χ4n) is 2.65. The number of nitrogens with one attached hydrogen (secondary N) is 2. The molecule has 0 spiro atoms. The number of carbonyl (C=O) groups is 2. The van der Waals surface area contributed by atoms with Crippen molar-refractivity contribution in [3.05, 3.63) is 48.3 Å². The number of aromatic amines is 1. The molecule has 0 radical (unpaired) electrons. The van der Waals surface area contributed by atoms with Crippen LogP contribution in [-0.2, 0) is 4.79 Å². The molecular formula is C16H11FN4O2. The largest absolute Gasteiger partial charge is 0.329 e. The van der Waals surface area contributed by atoms with Crippen LogP contribution in [0.2, 0.25) is 0 Å². The second-order valence-corrected chi connectivity index (χ2v) is 5.20. The molecule has 1 fully saturated rings. The molecule has 3 amide bonds. The number of rotatable bonds is 2. The number of anilines is 1. The number of hydrogen-bond acceptors (Lipinski definition) is 3. The van der Waals surface area contributed by atoms with Crippen molar-refractivity contribution < 1.29 is 14.0 Å². The minimum Gasteiger partial charge on any atom is -0.328 e. The molecule has 7 heteroatoms. The van der Waals surface area contributed by atoms with E-state index in [1.165, 1.54) is 12.1 Å². The molecule has 0 unspecified atom stereocenters. The summed E-state index contributed by atoms with van der Waals surface area (Å²) in [5.74, 6) is -0.630. The number of urea groups is 1. The molecule has 4 rings (SSSR count). The number of benzene rings is 2. The zero-order chi connectivity index (χ0) is 16.0. The van der Waals surface area contributed by atoms with Crippen molar-refractivity contribution in [3.8, 4) is 11.3 Å². The van der Waals surface area contributed by atoms with Crippen LogP contribution in [0.3, 0.4) is 0 Å². The van der Waals surface area contributed by atoms with Crippen LogP contribution in [0.4, 0.5) is 14.9 Å². The van der Waals surface area contributed by atoms with Gasteiger partial charge < -0.3 is 5.32 Å². The van der Waals surface area contributed by atoms with Crippen molar-refractivity contribution >= 4 is 28.5 Å². The summed E-state index contributed by atoms with van der Waals surface area (Å²) in [6, 6.07) is 10.7. The summed E-state index contributed by atoms with van der Waals surface area (Å²) in [5.41, 5.74) is 2.61. The van der Waals surface area contributed by atoms with Crippen molar-refractivity contribution in [1.29, 1.82) is 0 Å². The number of aromatic nitrogens is 2. The van der Waals surface area contributed by atoms with Gasteiger partial charge >= 0.3 is 6.03 Å².